The molecule has 1 aliphatic rings. The minimum absolute atomic E-state index is 0.194. The number of aryl methyl sites for hydroxylation is 1. The van der Waals surface area contributed by atoms with Gasteiger partial charge in [0.1, 0.15) is 5.75 Å². The second-order valence-electron chi connectivity index (χ2n) is 7.03. The third kappa shape index (κ3) is 4.76. The van der Waals surface area contributed by atoms with E-state index in [1.165, 1.54) is 0 Å². The molecule has 0 N–H and O–H groups in total. The van der Waals surface area contributed by atoms with Crippen LogP contribution in [-0.2, 0) is 4.74 Å². The number of rotatable bonds is 5. The van der Waals surface area contributed by atoms with Gasteiger partial charge >= 0.3 is 6.18 Å². The molecule has 8 heteroatoms. The van der Waals surface area contributed by atoms with Crippen molar-refractivity contribution in [2.75, 3.05) is 37.8 Å². The first-order chi connectivity index (χ1) is 14.4. The Hall–Kier alpha value is -2.58. The number of hydrogen-bond acceptors (Lipinski definition) is 5. The highest BCUT2D eigenvalue weighted by Crippen LogP contribution is 2.43. The summed E-state index contributed by atoms with van der Waals surface area (Å²) in [5, 5.41) is 1.11. The number of morpholine rings is 1. The van der Waals surface area contributed by atoms with Crippen LogP contribution in [0.25, 0.3) is 21.7 Å². The normalized spacial score (nSPS) is 14.7. The Morgan fingerprint density at radius 3 is 2.57 bits per heavy atom. The number of alkyl halides is 3. The van der Waals surface area contributed by atoms with E-state index in [2.05, 4.69) is 28.1 Å². The van der Waals surface area contributed by atoms with Gasteiger partial charge in [-0.25, -0.2) is 0 Å². The molecule has 0 spiro atoms. The summed E-state index contributed by atoms with van der Waals surface area (Å²) >= 11 is 1.58. The van der Waals surface area contributed by atoms with Gasteiger partial charge in [0.2, 0.25) is 0 Å². The summed E-state index contributed by atoms with van der Waals surface area (Å²) in [4.78, 5) is 7.62. The number of halogens is 3. The summed E-state index contributed by atoms with van der Waals surface area (Å²) in [7, 11) is 0. The van der Waals surface area contributed by atoms with Crippen LogP contribution >= 0.6 is 11.3 Å². The van der Waals surface area contributed by atoms with Crippen molar-refractivity contribution >= 4 is 16.3 Å². The zero-order valence-corrected chi connectivity index (χ0v) is 17.2. The Balaban J connectivity index is 1.71. The van der Waals surface area contributed by atoms with Crippen LogP contribution in [0.5, 0.6) is 5.75 Å². The van der Waals surface area contributed by atoms with Crippen molar-refractivity contribution in [2.45, 2.75) is 13.1 Å². The lowest BCUT2D eigenvalue weighted by Gasteiger charge is -2.28. The van der Waals surface area contributed by atoms with Crippen LogP contribution in [-0.4, -0.2) is 44.1 Å². The van der Waals surface area contributed by atoms with Gasteiger partial charge in [-0.05, 0) is 18.6 Å². The molecule has 0 aliphatic carbocycles. The molecule has 3 aromatic rings. The van der Waals surface area contributed by atoms with E-state index in [9.17, 15) is 13.2 Å². The first-order valence-corrected chi connectivity index (χ1v) is 10.4. The Morgan fingerprint density at radius 1 is 1.13 bits per heavy atom. The van der Waals surface area contributed by atoms with E-state index in [1.54, 1.807) is 30.5 Å². The van der Waals surface area contributed by atoms with Gasteiger partial charge in [-0.3, -0.25) is 4.98 Å². The second kappa shape index (κ2) is 8.65. The van der Waals surface area contributed by atoms with Crippen LogP contribution in [0, 0.1) is 6.92 Å². The summed E-state index contributed by atoms with van der Waals surface area (Å²) in [6.45, 7) is 3.28. The topological polar surface area (TPSA) is 34.6 Å². The third-order valence-electron chi connectivity index (χ3n) is 4.79. The van der Waals surface area contributed by atoms with Crippen LogP contribution in [0.2, 0.25) is 0 Å². The van der Waals surface area contributed by atoms with Crippen molar-refractivity contribution in [2.24, 2.45) is 0 Å². The van der Waals surface area contributed by atoms with Crippen LogP contribution in [0.1, 0.15) is 5.56 Å². The Kier molecular flexibility index (Phi) is 5.97. The van der Waals surface area contributed by atoms with Crippen LogP contribution in [0.15, 0.2) is 48.7 Å². The molecule has 0 amide bonds. The molecule has 1 saturated heterocycles. The van der Waals surface area contributed by atoms with Gasteiger partial charge in [-0.2, -0.15) is 13.2 Å². The Bertz CT molecular complexity index is 999. The lowest BCUT2D eigenvalue weighted by atomic mass is 10.1. The highest BCUT2D eigenvalue weighted by molar-refractivity contribution is 7.20. The standard InChI is InChI=1S/C22H21F3N2O2S/c1-15-13-26-18(12-19(15)29-14-22(23,24)25)20-11-17(16-5-3-2-4-6-16)21(30-20)27-7-9-28-10-8-27/h2-6,11-13H,7-10,14H2,1H3. The van der Waals surface area contributed by atoms with Gasteiger partial charge in [0.15, 0.2) is 6.61 Å². The van der Waals surface area contributed by atoms with Crippen molar-refractivity contribution in [1.29, 1.82) is 0 Å². The van der Waals surface area contributed by atoms with Gasteiger partial charge < -0.3 is 14.4 Å². The summed E-state index contributed by atoms with van der Waals surface area (Å²) in [5.41, 5.74) is 3.33. The maximum Gasteiger partial charge on any atom is 0.422 e. The quantitative estimate of drug-likeness (QED) is 0.526. The number of thiophene rings is 1. The van der Waals surface area contributed by atoms with E-state index < -0.39 is 12.8 Å². The fourth-order valence-electron chi connectivity index (χ4n) is 3.29. The number of nitrogens with zero attached hydrogens (tertiary/aromatic N) is 2. The highest BCUT2D eigenvalue weighted by Gasteiger charge is 2.29. The minimum Gasteiger partial charge on any atom is -0.484 e. The van der Waals surface area contributed by atoms with Gasteiger partial charge in [0.05, 0.1) is 28.8 Å². The molecule has 2 aromatic heterocycles. The smallest absolute Gasteiger partial charge is 0.422 e. The fraction of sp³-hybridized carbons (Fsp3) is 0.318. The van der Waals surface area contributed by atoms with E-state index in [-0.39, 0.29) is 5.75 Å². The Morgan fingerprint density at radius 2 is 1.87 bits per heavy atom. The van der Waals surface area contributed by atoms with E-state index in [0.717, 1.165) is 34.1 Å². The molecule has 158 valence electrons. The largest absolute Gasteiger partial charge is 0.484 e. The predicted molar refractivity (Wildman–Crippen MR) is 112 cm³/mol. The van der Waals surface area contributed by atoms with Crippen LogP contribution in [0.3, 0.4) is 0 Å². The van der Waals surface area contributed by atoms with Crippen molar-refractivity contribution < 1.29 is 22.6 Å². The monoisotopic (exact) mass is 434 g/mol. The molecular weight excluding hydrogens is 413 g/mol. The molecule has 0 radical (unpaired) electrons. The SMILES string of the molecule is Cc1cnc(-c2cc(-c3ccccc3)c(N3CCOCC3)s2)cc1OCC(F)(F)F. The molecule has 1 aliphatic heterocycles. The fourth-order valence-corrected chi connectivity index (χ4v) is 4.49. The number of pyridine rings is 1. The lowest BCUT2D eigenvalue weighted by Crippen LogP contribution is -2.35. The maximum absolute atomic E-state index is 12.6. The molecular formula is C22H21F3N2O2S. The number of anilines is 1. The van der Waals surface area contributed by atoms with Gasteiger partial charge in [0, 0.05) is 36.5 Å². The van der Waals surface area contributed by atoms with Gasteiger partial charge in [-0.15, -0.1) is 11.3 Å². The van der Waals surface area contributed by atoms with Crippen molar-refractivity contribution in [3.8, 4) is 27.4 Å². The summed E-state index contributed by atoms with van der Waals surface area (Å²) in [6.07, 6.45) is -2.83. The molecule has 4 rings (SSSR count). The van der Waals surface area contributed by atoms with Crippen molar-refractivity contribution in [3.63, 3.8) is 0 Å². The number of hydrogen-bond donors (Lipinski definition) is 0. The highest BCUT2D eigenvalue weighted by atomic mass is 32.1. The second-order valence-corrected chi connectivity index (χ2v) is 8.06. The Labute approximate surface area is 176 Å². The first-order valence-electron chi connectivity index (χ1n) is 9.59. The molecule has 1 aromatic carbocycles. The molecule has 0 unspecified atom stereocenters. The van der Waals surface area contributed by atoms with Crippen molar-refractivity contribution in [3.05, 3.63) is 54.2 Å². The number of aromatic nitrogens is 1. The molecule has 3 heterocycles. The first kappa shape index (κ1) is 20.7. The molecule has 1 fully saturated rings. The molecule has 0 bridgehead atoms. The molecule has 4 nitrogen and oxygen atoms in total. The van der Waals surface area contributed by atoms with Gasteiger partial charge in [0.25, 0.3) is 0 Å². The summed E-state index contributed by atoms with van der Waals surface area (Å²) < 4.78 is 48.3. The molecule has 30 heavy (non-hydrogen) atoms. The molecule has 0 atom stereocenters. The third-order valence-corrected chi connectivity index (χ3v) is 6.01. The van der Waals surface area contributed by atoms with Crippen molar-refractivity contribution in [1.82, 2.24) is 4.98 Å². The minimum atomic E-state index is -4.39. The van der Waals surface area contributed by atoms with Crippen LogP contribution in [0.4, 0.5) is 18.2 Å². The predicted octanol–water partition coefficient (Wildman–Crippen LogP) is 5.56. The average molecular weight is 434 g/mol. The van der Waals surface area contributed by atoms with E-state index in [0.29, 0.717) is 24.5 Å². The van der Waals surface area contributed by atoms with E-state index >= 15 is 0 Å². The van der Waals surface area contributed by atoms with Crippen LogP contribution < -0.4 is 9.64 Å². The van der Waals surface area contributed by atoms with E-state index in [4.69, 9.17) is 9.47 Å². The zero-order chi connectivity index (χ0) is 21.1. The number of benzene rings is 1. The average Bonchev–Trinajstić information content (AvgIpc) is 3.19. The number of ether oxygens (including phenoxy) is 2. The molecule has 0 saturated carbocycles. The van der Waals surface area contributed by atoms with Gasteiger partial charge in [-0.1, -0.05) is 30.3 Å². The summed E-state index contributed by atoms with van der Waals surface area (Å²) in [5.74, 6) is 0.194. The zero-order valence-electron chi connectivity index (χ0n) is 16.4. The lowest BCUT2D eigenvalue weighted by molar-refractivity contribution is -0.153. The van der Waals surface area contributed by atoms with E-state index in [1.807, 2.05) is 18.2 Å². The summed E-state index contributed by atoms with van der Waals surface area (Å²) in [6, 6.07) is 13.7. The maximum atomic E-state index is 12.6.